The number of ketones is 2. The molecule has 1 aliphatic heterocycles. The van der Waals surface area contributed by atoms with E-state index in [0.717, 1.165) is 18.9 Å². The topological polar surface area (TPSA) is 180 Å². The van der Waals surface area contributed by atoms with Crippen LogP contribution in [0.5, 0.6) is 0 Å². The molecule has 0 radical (unpaired) electrons. The van der Waals surface area contributed by atoms with Crippen molar-refractivity contribution < 1.29 is 51.6 Å². The van der Waals surface area contributed by atoms with Crippen molar-refractivity contribution >= 4 is 54.1 Å². The standard InChI is InChI=1S/C22H35N2O11PS/c1-14(15(25)6-7-18(28)32-4)16(26)12-19(29)37-11-10-23-17(27)8-9-24-21(30)20-22(2,3)13-34-36(31,33-5)35-20/h14,20H,6-13H2,1-5H3,(H,23,27)(H,24,30)/t14?,20-,36?/m0/s1. The zero-order valence-corrected chi connectivity index (χ0v) is 23.4. The fourth-order valence-electron chi connectivity index (χ4n) is 3.03. The van der Waals surface area contributed by atoms with Gasteiger partial charge in [0, 0.05) is 44.2 Å². The lowest BCUT2D eigenvalue weighted by molar-refractivity contribution is -0.143. The average molecular weight is 567 g/mol. The summed E-state index contributed by atoms with van der Waals surface area (Å²) in [6.45, 7) is 4.95. The number of phosphoric ester groups is 1. The van der Waals surface area contributed by atoms with E-state index < -0.39 is 60.2 Å². The summed E-state index contributed by atoms with van der Waals surface area (Å²) in [4.78, 5) is 71.7. The summed E-state index contributed by atoms with van der Waals surface area (Å²) >= 11 is 0.851. The van der Waals surface area contributed by atoms with Gasteiger partial charge in [-0.1, -0.05) is 25.6 Å². The number of methoxy groups -OCH3 is 1. The zero-order valence-electron chi connectivity index (χ0n) is 21.7. The van der Waals surface area contributed by atoms with Crippen molar-refractivity contribution in [3.8, 4) is 0 Å². The van der Waals surface area contributed by atoms with Crippen LogP contribution in [0.3, 0.4) is 0 Å². The highest BCUT2D eigenvalue weighted by Gasteiger charge is 2.48. The summed E-state index contributed by atoms with van der Waals surface area (Å²) in [6.07, 6.45) is -1.83. The van der Waals surface area contributed by atoms with Crippen LogP contribution in [-0.2, 0) is 51.6 Å². The second-order valence-electron chi connectivity index (χ2n) is 8.90. The van der Waals surface area contributed by atoms with Gasteiger partial charge in [-0.25, -0.2) is 4.57 Å². The van der Waals surface area contributed by atoms with Gasteiger partial charge in [-0.2, -0.15) is 0 Å². The summed E-state index contributed by atoms with van der Waals surface area (Å²) in [5.41, 5.74) is -0.766. The molecule has 0 saturated carbocycles. The molecule has 0 bridgehead atoms. The second kappa shape index (κ2) is 15.3. The zero-order chi connectivity index (χ0) is 28.2. The number of carbonyl (C=O) groups is 6. The Morgan fingerprint density at radius 2 is 1.70 bits per heavy atom. The van der Waals surface area contributed by atoms with Gasteiger partial charge >= 0.3 is 13.8 Å². The molecule has 2 unspecified atom stereocenters. The molecule has 0 aromatic carbocycles. The summed E-state index contributed by atoms with van der Waals surface area (Å²) in [7, 11) is -1.46. The van der Waals surface area contributed by atoms with Crippen molar-refractivity contribution in [2.45, 2.75) is 52.6 Å². The Bertz CT molecular complexity index is 924. The van der Waals surface area contributed by atoms with Gasteiger partial charge in [0.1, 0.15) is 5.78 Å². The van der Waals surface area contributed by atoms with Crippen LogP contribution < -0.4 is 10.6 Å². The van der Waals surface area contributed by atoms with Gasteiger partial charge in [0.2, 0.25) is 11.8 Å². The third-order valence-electron chi connectivity index (χ3n) is 5.43. The van der Waals surface area contributed by atoms with Crippen LogP contribution in [-0.4, -0.2) is 80.2 Å². The minimum atomic E-state index is -3.81. The van der Waals surface area contributed by atoms with Gasteiger partial charge in [0.25, 0.3) is 0 Å². The number of nitrogens with one attached hydrogen (secondary N) is 2. The first-order chi connectivity index (χ1) is 17.2. The van der Waals surface area contributed by atoms with Gasteiger partial charge in [-0.3, -0.25) is 42.3 Å². The summed E-state index contributed by atoms with van der Waals surface area (Å²) in [6, 6.07) is 0. The van der Waals surface area contributed by atoms with E-state index in [4.69, 9.17) is 13.6 Å². The van der Waals surface area contributed by atoms with Crippen LogP contribution in [0.1, 0.15) is 46.5 Å². The molecule has 3 atom stereocenters. The first-order valence-corrected chi connectivity index (χ1v) is 14.0. The Hall–Kier alpha value is -2.12. The molecule has 0 aliphatic carbocycles. The van der Waals surface area contributed by atoms with Crippen molar-refractivity contribution in [3.63, 3.8) is 0 Å². The number of thioether (sulfide) groups is 1. The third kappa shape index (κ3) is 11.4. The highest BCUT2D eigenvalue weighted by molar-refractivity contribution is 8.13. The Morgan fingerprint density at radius 3 is 2.32 bits per heavy atom. The van der Waals surface area contributed by atoms with Gasteiger partial charge in [0.15, 0.2) is 17.0 Å². The molecule has 210 valence electrons. The first kappa shape index (κ1) is 32.9. The van der Waals surface area contributed by atoms with Crippen molar-refractivity contribution in [3.05, 3.63) is 0 Å². The maximum Gasteiger partial charge on any atom is 0.475 e. The molecular weight excluding hydrogens is 531 g/mol. The van der Waals surface area contributed by atoms with Crippen LogP contribution in [0.25, 0.3) is 0 Å². The fourth-order valence-corrected chi connectivity index (χ4v) is 5.09. The predicted molar refractivity (Wildman–Crippen MR) is 132 cm³/mol. The second-order valence-corrected chi connectivity index (χ2v) is 11.8. The minimum Gasteiger partial charge on any atom is -0.469 e. The molecule has 0 aromatic rings. The number of ether oxygens (including phenoxy) is 1. The number of carbonyl (C=O) groups excluding carboxylic acids is 6. The molecule has 1 heterocycles. The SMILES string of the molecule is COC(=O)CCC(=O)C(C)C(=O)CC(=O)SCCNC(=O)CCNC(=O)[C@@H]1OP(=O)(OC)OCC1(C)C. The Morgan fingerprint density at radius 1 is 1.03 bits per heavy atom. The molecule has 1 fully saturated rings. The Labute approximate surface area is 220 Å². The van der Waals surface area contributed by atoms with Gasteiger partial charge in [-0.15, -0.1) is 0 Å². The maximum absolute atomic E-state index is 12.5. The summed E-state index contributed by atoms with van der Waals surface area (Å²) in [5, 5.41) is 4.72. The van der Waals surface area contributed by atoms with Crippen molar-refractivity contribution in [1.29, 1.82) is 0 Å². The van der Waals surface area contributed by atoms with Crippen molar-refractivity contribution in [2.75, 3.05) is 39.7 Å². The molecule has 1 saturated heterocycles. The predicted octanol–water partition coefficient (Wildman–Crippen LogP) is 1.18. The quantitative estimate of drug-likeness (QED) is 0.125. The third-order valence-corrected chi connectivity index (χ3v) is 7.66. The van der Waals surface area contributed by atoms with E-state index in [1.807, 2.05) is 0 Å². The highest BCUT2D eigenvalue weighted by Crippen LogP contribution is 2.56. The number of amides is 2. The molecule has 2 N–H and O–H groups in total. The maximum atomic E-state index is 12.5. The largest absolute Gasteiger partial charge is 0.475 e. The Balaban J connectivity index is 2.28. The average Bonchev–Trinajstić information content (AvgIpc) is 2.85. The molecule has 2 amide bonds. The minimum absolute atomic E-state index is 0.00121. The van der Waals surface area contributed by atoms with E-state index in [1.54, 1.807) is 13.8 Å². The summed E-state index contributed by atoms with van der Waals surface area (Å²) < 4.78 is 31.7. The molecule has 0 aromatic heterocycles. The molecular formula is C22H35N2O11PS. The van der Waals surface area contributed by atoms with Crippen LogP contribution in [0.2, 0.25) is 0 Å². The number of phosphoric acid groups is 1. The monoisotopic (exact) mass is 566 g/mol. The van der Waals surface area contributed by atoms with Gasteiger partial charge in [0.05, 0.1) is 32.5 Å². The van der Waals surface area contributed by atoms with E-state index in [0.29, 0.717) is 0 Å². The molecule has 1 aliphatic rings. The number of rotatable bonds is 15. The lowest BCUT2D eigenvalue weighted by Gasteiger charge is -2.39. The number of Topliss-reactive ketones (excluding diaryl/α,β-unsaturated/α-hetero) is 2. The van der Waals surface area contributed by atoms with E-state index in [2.05, 4.69) is 15.4 Å². The lowest BCUT2D eigenvalue weighted by atomic mass is 9.87. The first-order valence-electron chi connectivity index (χ1n) is 11.6. The van der Waals surface area contributed by atoms with Crippen molar-refractivity contribution in [1.82, 2.24) is 10.6 Å². The molecule has 37 heavy (non-hydrogen) atoms. The fraction of sp³-hybridized carbons (Fsp3) is 0.727. The molecule has 15 heteroatoms. The smallest absolute Gasteiger partial charge is 0.469 e. The molecule has 13 nitrogen and oxygen atoms in total. The molecule has 0 spiro atoms. The van der Waals surface area contributed by atoms with E-state index in [9.17, 15) is 33.3 Å². The Kier molecular flexibility index (Phi) is 13.6. The highest BCUT2D eigenvalue weighted by atomic mass is 32.2. The van der Waals surface area contributed by atoms with Gasteiger partial charge < -0.3 is 15.4 Å². The molecule has 1 rings (SSSR count). The van der Waals surface area contributed by atoms with Crippen LogP contribution >= 0.6 is 19.6 Å². The van der Waals surface area contributed by atoms with Crippen LogP contribution in [0.15, 0.2) is 0 Å². The number of esters is 1. The van der Waals surface area contributed by atoms with Gasteiger partial charge in [-0.05, 0) is 6.92 Å². The normalized spacial score (nSPS) is 21.4. The van der Waals surface area contributed by atoms with Crippen LogP contribution in [0, 0.1) is 11.3 Å². The van der Waals surface area contributed by atoms with Crippen molar-refractivity contribution in [2.24, 2.45) is 11.3 Å². The number of hydrogen-bond donors (Lipinski definition) is 2. The van der Waals surface area contributed by atoms with Crippen LogP contribution in [0.4, 0.5) is 0 Å². The van der Waals surface area contributed by atoms with E-state index >= 15 is 0 Å². The van der Waals surface area contributed by atoms with E-state index in [-0.39, 0.29) is 50.6 Å². The van der Waals surface area contributed by atoms with E-state index in [1.165, 1.54) is 14.0 Å². The number of hydrogen-bond acceptors (Lipinski definition) is 12. The lowest BCUT2D eigenvalue weighted by Crippen LogP contribution is -2.50. The summed E-state index contributed by atoms with van der Waals surface area (Å²) in [5.74, 6) is -3.24.